The van der Waals surface area contributed by atoms with Crippen molar-refractivity contribution in [3.8, 4) is 0 Å². The predicted molar refractivity (Wildman–Crippen MR) is 57.7 cm³/mol. The summed E-state index contributed by atoms with van der Waals surface area (Å²) in [6.45, 7) is 6.58. The van der Waals surface area contributed by atoms with E-state index in [2.05, 4.69) is 25.8 Å². The third-order valence-electron chi connectivity index (χ3n) is 3.23. The van der Waals surface area contributed by atoms with Crippen LogP contribution in [0.25, 0.3) is 0 Å². The lowest BCUT2D eigenvalue weighted by Crippen LogP contribution is -2.47. The van der Waals surface area contributed by atoms with Crippen LogP contribution in [0.15, 0.2) is 0 Å². The molecular weight excluding hydrogens is 160 g/mol. The highest BCUT2D eigenvalue weighted by Crippen LogP contribution is 2.27. The highest BCUT2D eigenvalue weighted by Gasteiger charge is 2.23. The lowest BCUT2D eigenvalue weighted by atomic mass is 9.85. The Hall–Kier alpha value is -0.0800. The number of rotatable bonds is 5. The van der Waals surface area contributed by atoms with Gasteiger partial charge in [0.2, 0.25) is 0 Å². The molecule has 1 atom stereocenters. The van der Waals surface area contributed by atoms with E-state index in [-0.39, 0.29) is 5.54 Å². The first-order valence-corrected chi connectivity index (χ1v) is 5.51. The van der Waals surface area contributed by atoms with Crippen LogP contribution in [0.5, 0.6) is 0 Å². The van der Waals surface area contributed by atoms with E-state index in [1.54, 1.807) is 0 Å². The Bertz CT molecular complexity index is 150. The molecule has 1 aliphatic rings. The van der Waals surface area contributed by atoms with Gasteiger partial charge in [-0.05, 0) is 39.2 Å². The van der Waals surface area contributed by atoms with E-state index in [1.807, 2.05) is 0 Å². The van der Waals surface area contributed by atoms with E-state index in [1.165, 1.54) is 25.8 Å². The van der Waals surface area contributed by atoms with Gasteiger partial charge in [-0.1, -0.05) is 13.3 Å². The van der Waals surface area contributed by atoms with Crippen molar-refractivity contribution in [2.45, 2.75) is 45.1 Å². The fraction of sp³-hybridized carbons (Fsp3) is 1.00. The van der Waals surface area contributed by atoms with Crippen molar-refractivity contribution < 1.29 is 0 Å². The number of likely N-dealkylation sites (N-methyl/N-ethyl adjacent to an activating group) is 1. The maximum absolute atomic E-state index is 6.11. The van der Waals surface area contributed by atoms with Crippen LogP contribution >= 0.6 is 0 Å². The smallest absolute Gasteiger partial charge is 0.0252 e. The van der Waals surface area contributed by atoms with Crippen molar-refractivity contribution in [2.24, 2.45) is 11.7 Å². The van der Waals surface area contributed by atoms with Gasteiger partial charge in [0.1, 0.15) is 0 Å². The molecule has 0 heterocycles. The minimum Gasteiger partial charge on any atom is -0.324 e. The lowest BCUT2D eigenvalue weighted by molar-refractivity contribution is 0.176. The first kappa shape index (κ1) is 11.0. The van der Waals surface area contributed by atoms with Crippen LogP contribution in [0.4, 0.5) is 0 Å². The summed E-state index contributed by atoms with van der Waals surface area (Å²) in [4.78, 5) is 2.40. The third kappa shape index (κ3) is 3.65. The topological polar surface area (TPSA) is 29.3 Å². The average Bonchev–Trinajstić information content (AvgIpc) is 1.96. The molecule has 1 fully saturated rings. The second-order valence-electron chi connectivity index (χ2n) is 5.00. The molecule has 1 saturated carbocycles. The quantitative estimate of drug-likeness (QED) is 0.706. The molecule has 0 saturated heterocycles. The van der Waals surface area contributed by atoms with E-state index < -0.39 is 0 Å². The molecule has 0 aromatic heterocycles. The monoisotopic (exact) mass is 184 g/mol. The number of nitrogens with zero attached hydrogens (tertiary/aromatic N) is 1. The zero-order chi connectivity index (χ0) is 9.90. The molecule has 13 heavy (non-hydrogen) atoms. The largest absolute Gasteiger partial charge is 0.324 e. The summed E-state index contributed by atoms with van der Waals surface area (Å²) in [5, 5.41) is 0. The van der Waals surface area contributed by atoms with E-state index in [0.29, 0.717) is 0 Å². The fourth-order valence-electron chi connectivity index (χ4n) is 1.91. The van der Waals surface area contributed by atoms with Gasteiger partial charge in [0.25, 0.3) is 0 Å². The number of hydrogen-bond donors (Lipinski definition) is 1. The van der Waals surface area contributed by atoms with Crippen molar-refractivity contribution >= 4 is 0 Å². The Labute approximate surface area is 82.5 Å². The molecule has 0 radical (unpaired) electrons. The number of hydrogen-bond acceptors (Lipinski definition) is 2. The summed E-state index contributed by atoms with van der Waals surface area (Å²) in [6, 6.07) is 0. The summed E-state index contributed by atoms with van der Waals surface area (Å²) < 4.78 is 0. The normalized spacial score (nSPS) is 22.8. The zero-order valence-corrected chi connectivity index (χ0v) is 9.34. The van der Waals surface area contributed by atoms with Crippen LogP contribution in [-0.2, 0) is 0 Å². The minimum absolute atomic E-state index is 0.00149. The van der Waals surface area contributed by atoms with Crippen molar-refractivity contribution in [3.05, 3.63) is 0 Å². The van der Waals surface area contributed by atoms with E-state index in [4.69, 9.17) is 5.73 Å². The second-order valence-corrected chi connectivity index (χ2v) is 5.00. The standard InChI is InChI=1S/C11H24N2/c1-4-11(2,12)9-13(3)8-10-6-5-7-10/h10H,4-9,12H2,1-3H3. The van der Waals surface area contributed by atoms with Crippen molar-refractivity contribution in [1.82, 2.24) is 4.90 Å². The molecule has 0 aliphatic heterocycles. The highest BCUT2D eigenvalue weighted by molar-refractivity contribution is 4.82. The summed E-state index contributed by atoms with van der Waals surface area (Å²) in [5.41, 5.74) is 6.11. The molecule has 0 amide bonds. The van der Waals surface area contributed by atoms with E-state index in [9.17, 15) is 0 Å². The maximum atomic E-state index is 6.11. The molecule has 78 valence electrons. The predicted octanol–water partition coefficient (Wildman–Crippen LogP) is 1.85. The van der Waals surface area contributed by atoms with Crippen LogP contribution in [-0.4, -0.2) is 30.6 Å². The fourth-order valence-corrected chi connectivity index (χ4v) is 1.91. The summed E-state index contributed by atoms with van der Waals surface area (Å²) in [6.07, 6.45) is 5.35. The van der Waals surface area contributed by atoms with Gasteiger partial charge in [-0.25, -0.2) is 0 Å². The first-order chi connectivity index (χ1) is 6.03. The first-order valence-electron chi connectivity index (χ1n) is 5.51. The van der Waals surface area contributed by atoms with Crippen LogP contribution in [0.3, 0.4) is 0 Å². The average molecular weight is 184 g/mol. The van der Waals surface area contributed by atoms with Crippen molar-refractivity contribution in [3.63, 3.8) is 0 Å². The Kier molecular flexibility index (Phi) is 3.74. The zero-order valence-electron chi connectivity index (χ0n) is 9.34. The van der Waals surface area contributed by atoms with Gasteiger partial charge in [-0.2, -0.15) is 0 Å². The molecule has 1 aliphatic carbocycles. The van der Waals surface area contributed by atoms with Gasteiger partial charge in [0, 0.05) is 18.6 Å². The molecule has 0 aromatic rings. The number of nitrogens with two attached hydrogens (primary N) is 1. The molecule has 2 nitrogen and oxygen atoms in total. The molecule has 1 unspecified atom stereocenters. The van der Waals surface area contributed by atoms with Gasteiger partial charge in [0.15, 0.2) is 0 Å². The van der Waals surface area contributed by atoms with Gasteiger partial charge < -0.3 is 10.6 Å². The Morgan fingerprint density at radius 2 is 2.08 bits per heavy atom. The SMILES string of the molecule is CCC(C)(N)CN(C)CC1CCC1. The molecule has 0 aromatic carbocycles. The summed E-state index contributed by atoms with van der Waals surface area (Å²) in [7, 11) is 2.19. The van der Waals surface area contributed by atoms with Crippen molar-refractivity contribution in [2.75, 3.05) is 20.1 Å². The van der Waals surface area contributed by atoms with Gasteiger partial charge in [-0.3, -0.25) is 0 Å². The van der Waals surface area contributed by atoms with Crippen LogP contribution in [0.1, 0.15) is 39.5 Å². The molecule has 0 bridgehead atoms. The Morgan fingerprint density at radius 3 is 2.46 bits per heavy atom. The molecule has 0 spiro atoms. The van der Waals surface area contributed by atoms with Crippen LogP contribution in [0, 0.1) is 5.92 Å². The second kappa shape index (κ2) is 4.43. The lowest BCUT2D eigenvalue weighted by Gasteiger charge is -2.34. The van der Waals surface area contributed by atoms with Gasteiger partial charge in [0.05, 0.1) is 0 Å². The van der Waals surface area contributed by atoms with Gasteiger partial charge >= 0.3 is 0 Å². The summed E-state index contributed by atoms with van der Waals surface area (Å²) in [5.74, 6) is 0.956. The Morgan fingerprint density at radius 1 is 1.46 bits per heavy atom. The third-order valence-corrected chi connectivity index (χ3v) is 3.23. The minimum atomic E-state index is -0.00149. The highest BCUT2D eigenvalue weighted by atomic mass is 15.1. The van der Waals surface area contributed by atoms with E-state index in [0.717, 1.165) is 18.9 Å². The molecular formula is C11H24N2. The van der Waals surface area contributed by atoms with E-state index >= 15 is 0 Å². The van der Waals surface area contributed by atoms with Crippen LogP contribution in [0.2, 0.25) is 0 Å². The van der Waals surface area contributed by atoms with Gasteiger partial charge in [-0.15, -0.1) is 0 Å². The maximum Gasteiger partial charge on any atom is 0.0252 e. The molecule has 2 N–H and O–H groups in total. The van der Waals surface area contributed by atoms with Crippen LogP contribution < -0.4 is 5.73 Å². The Balaban J connectivity index is 2.19. The van der Waals surface area contributed by atoms with Crippen molar-refractivity contribution in [1.29, 1.82) is 0 Å². The molecule has 1 rings (SSSR count). The molecule has 2 heteroatoms. The summed E-state index contributed by atoms with van der Waals surface area (Å²) >= 11 is 0.